The van der Waals surface area contributed by atoms with Crippen LogP contribution in [0.4, 0.5) is 0 Å². The Balaban J connectivity index is 0.00000256. The Kier molecular flexibility index (Phi) is 7.94. The van der Waals surface area contributed by atoms with E-state index < -0.39 is 5.97 Å². The van der Waals surface area contributed by atoms with Gasteiger partial charge in [0.25, 0.3) is 0 Å². The molecule has 1 aromatic heterocycles. The van der Waals surface area contributed by atoms with Gasteiger partial charge in [-0.15, -0.1) is 0 Å². The molecule has 1 saturated carbocycles. The molecule has 0 radical (unpaired) electrons. The molecule has 4 rings (SSSR count). The van der Waals surface area contributed by atoms with E-state index in [4.69, 9.17) is 0 Å². The fourth-order valence-electron chi connectivity index (χ4n) is 4.10. The quantitative estimate of drug-likeness (QED) is 0.333. The predicted molar refractivity (Wildman–Crippen MR) is 111 cm³/mol. The Hall–Kier alpha value is -1.86. The van der Waals surface area contributed by atoms with Gasteiger partial charge in [0.05, 0.1) is 17.7 Å². The number of aliphatic carboxylic acids is 1. The Morgan fingerprint density at radius 3 is 2.33 bits per heavy atom. The normalized spacial score (nSPS) is 15.3. The minimum atomic E-state index is -1.33. The molecule has 1 heterocycles. The molecule has 0 aliphatic heterocycles. The maximum absolute atomic E-state index is 13.4. The molecule has 0 bridgehead atoms. The second kappa shape index (κ2) is 10.4. The molecular weight excluding hydrogens is 407 g/mol. The van der Waals surface area contributed by atoms with Crippen LogP contribution in [0.5, 0.6) is 0 Å². The van der Waals surface area contributed by atoms with E-state index >= 15 is 0 Å². The van der Waals surface area contributed by atoms with Crippen LogP contribution in [-0.2, 0) is 4.79 Å². The van der Waals surface area contributed by atoms with Crippen molar-refractivity contribution in [2.24, 2.45) is 5.92 Å². The van der Waals surface area contributed by atoms with E-state index in [-0.39, 0.29) is 40.9 Å². The van der Waals surface area contributed by atoms with Gasteiger partial charge in [-0.3, -0.25) is 4.79 Å². The van der Waals surface area contributed by atoms with Gasteiger partial charge in [0.2, 0.25) is 0 Å². The zero-order chi connectivity index (χ0) is 20.2. The topological polar surface area (TPSA) is 83.0 Å². The van der Waals surface area contributed by atoms with E-state index in [9.17, 15) is 14.7 Å². The number of aromatic nitrogens is 2. The van der Waals surface area contributed by atoms with Gasteiger partial charge in [-0.05, 0) is 30.0 Å². The Morgan fingerprint density at radius 1 is 0.933 bits per heavy atom. The van der Waals surface area contributed by atoms with Gasteiger partial charge in [0.15, 0.2) is 5.78 Å². The summed E-state index contributed by atoms with van der Waals surface area (Å²) in [5, 5.41) is 12.2. The molecule has 0 unspecified atom stereocenters. The molecule has 0 saturated heterocycles. The number of carboxylic acid groups (broad SMARTS) is 1. The van der Waals surface area contributed by atoms with E-state index in [2.05, 4.69) is 8.75 Å². The third kappa shape index (κ3) is 5.06. The summed E-state index contributed by atoms with van der Waals surface area (Å²) < 4.78 is 8.38. The number of benzene rings is 2. The van der Waals surface area contributed by atoms with E-state index in [0.717, 1.165) is 37.4 Å². The zero-order valence-corrected chi connectivity index (χ0v) is 19.8. The Morgan fingerprint density at radius 2 is 1.63 bits per heavy atom. The molecule has 2 aromatic carbocycles. The summed E-state index contributed by atoms with van der Waals surface area (Å²) in [6.45, 7) is 0. The third-order valence-corrected chi connectivity index (χ3v) is 6.13. The van der Waals surface area contributed by atoms with Crippen LogP contribution in [0.25, 0.3) is 16.6 Å². The predicted octanol–water partition coefficient (Wildman–Crippen LogP) is 1.05. The fraction of sp³-hybridized carbons (Fsp3) is 0.304. The standard InChI is InChI=1S/C23H22N2O3S.Na/c26-22(16-9-5-2-6-10-16)18(13-15-7-3-1-4-8-15)21(23(27)28)17-11-12-19-20(14-17)25-29-24-19;/h2,5-6,9-12,14-15H,1,3-4,7-8,13H2,(H,27,28);/q;+1/p-1. The number of Topliss-reactive ketones (excluding diaryl/α,β-unsaturated/α-hetero) is 1. The molecular formula is C23H21N2NaO3S. The maximum Gasteiger partial charge on any atom is 1.00 e. The monoisotopic (exact) mass is 428 g/mol. The largest absolute Gasteiger partial charge is 1.00 e. The second-order valence-corrected chi connectivity index (χ2v) is 8.04. The van der Waals surface area contributed by atoms with Crippen molar-refractivity contribution in [3.8, 4) is 0 Å². The second-order valence-electron chi connectivity index (χ2n) is 7.51. The minimum Gasteiger partial charge on any atom is -0.545 e. The number of hydrogen-bond donors (Lipinski definition) is 0. The van der Waals surface area contributed by atoms with E-state index in [1.165, 1.54) is 6.42 Å². The summed E-state index contributed by atoms with van der Waals surface area (Å²) in [4.78, 5) is 25.6. The van der Waals surface area contributed by atoms with Crippen LogP contribution in [0.3, 0.4) is 0 Å². The summed E-state index contributed by atoms with van der Waals surface area (Å²) >= 11 is 1.08. The van der Waals surface area contributed by atoms with Crippen molar-refractivity contribution in [2.75, 3.05) is 0 Å². The van der Waals surface area contributed by atoms with Crippen molar-refractivity contribution in [2.45, 2.75) is 38.5 Å². The molecule has 148 valence electrons. The number of ketones is 1. The number of hydrogen-bond acceptors (Lipinski definition) is 6. The Bertz CT molecular complexity index is 1070. The van der Waals surface area contributed by atoms with E-state index in [1.54, 1.807) is 42.5 Å². The molecule has 5 nitrogen and oxygen atoms in total. The maximum atomic E-state index is 13.4. The molecule has 0 atom stereocenters. The average Bonchev–Trinajstić information content (AvgIpc) is 3.22. The molecule has 3 aromatic rings. The summed E-state index contributed by atoms with van der Waals surface area (Å²) in [5.74, 6) is -1.26. The first-order chi connectivity index (χ1) is 14.1. The van der Waals surface area contributed by atoms with Crippen molar-refractivity contribution >= 4 is 40.1 Å². The van der Waals surface area contributed by atoms with Crippen molar-refractivity contribution in [1.82, 2.24) is 8.75 Å². The van der Waals surface area contributed by atoms with E-state index in [1.807, 2.05) is 6.07 Å². The summed E-state index contributed by atoms with van der Waals surface area (Å²) in [6.07, 6.45) is 5.92. The molecule has 1 fully saturated rings. The number of carbonyl (C=O) groups excluding carboxylic acids is 2. The Labute approximate surface area is 201 Å². The third-order valence-electron chi connectivity index (χ3n) is 5.58. The average molecular weight is 428 g/mol. The van der Waals surface area contributed by atoms with Crippen molar-refractivity contribution in [1.29, 1.82) is 0 Å². The van der Waals surface area contributed by atoms with Crippen molar-refractivity contribution < 1.29 is 44.3 Å². The number of fused-ring (bicyclic) bond motifs is 1. The van der Waals surface area contributed by atoms with Crippen LogP contribution in [0.2, 0.25) is 0 Å². The molecule has 0 amide bonds. The van der Waals surface area contributed by atoms with Crippen molar-refractivity contribution in [3.05, 3.63) is 65.2 Å². The van der Waals surface area contributed by atoms with Crippen LogP contribution in [0, 0.1) is 5.92 Å². The first kappa shape index (κ1) is 22.8. The van der Waals surface area contributed by atoms with Crippen LogP contribution >= 0.6 is 11.7 Å². The number of rotatable bonds is 6. The zero-order valence-electron chi connectivity index (χ0n) is 17.0. The first-order valence-corrected chi connectivity index (χ1v) is 10.6. The van der Waals surface area contributed by atoms with Gasteiger partial charge in [-0.25, -0.2) is 0 Å². The number of allylic oxidation sites excluding steroid dienone is 1. The molecule has 7 heteroatoms. The van der Waals surface area contributed by atoms with Crippen LogP contribution in [-0.4, -0.2) is 20.5 Å². The van der Waals surface area contributed by atoms with Gasteiger partial charge in [-0.2, -0.15) is 8.75 Å². The fourth-order valence-corrected chi connectivity index (χ4v) is 4.62. The van der Waals surface area contributed by atoms with Crippen LogP contribution in [0.1, 0.15) is 54.4 Å². The van der Waals surface area contributed by atoms with Crippen LogP contribution < -0.4 is 34.7 Å². The van der Waals surface area contributed by atoms with Gasteiger partial charge in [-0.1, -0.05) is 68.5 Å². The molecule has 30 heavy (non-hydrogen) atoms. The summed E-state index contributed by atoms with van der Waals surface area (Å²) in [6, 6.07) is 14.0. The summed E-state index contributed by atoms with van der Waals surface area (Å²) in [7, 11) is 0. The molecule has 0 spiro atoms. The molecule has 1 aliphatic carbocycles. The number of carboxylic acids is 1. The van der Waals surface area contributed by atoms with Gasteiger partial charge < -0.3 is 9.90 Å². The smallest absolute Gasteiger partial charge is 0.545 e. The van der Waals surface area contributed by atoms with Crippen LogP contribution in [0.15, 0.2) is 54.1 Å². The van der Waals surface area contributed by atoms with E-state index in [0.29, 0.717) is 40.1 Å². The summed E-state index contributed by atoms with van der Waals surface area (Å²) in [5.41, 5.74) is 2.56. The van der Waals surface area contributed by atoms with Gasteiger partial charge in [0.1, 0.15) is 11.0 Å². The van der Waals surface area contributed by atoms with Gasteiger partial charge in [0, 0.05) is 16.7 Å². The van der Waals surface area contributed by atoms with Crippen molar-refractivity contribution in [3.63, 3.8) is 0 Å². The first-order valence-electron chi connectivity index (χ1n) is 9.90. The SMILES string of the molecule is O=C([O-])C(=C(CC1CCCCC1)C(=O)c1ccccc1)c1ccc2nsnc2c1.[Na+]. The number of nitrogens with zero attached hydrogens (tertiary/aromatic N) is 2. The minimum absolute atomic E-state index is 0. The molecule has 1 aliphatic rings. The molecule has 0 N–H and O–H groups in total. The number of carbonyl (C=O) groups is 2. The van der Waals surface area contributed by atoms with Gasteiger partial charge >= 0.3 is 29.6 Å².